The summed E-state index contributed by atoms with van der Waals surface area (Å²) in [5, 5.41) is 9.70. The first kappa shape index (κ1) is 13.6. The minimum atomic E-state index is -0.387. The van der Waals surface area contributed by atoms with E-state index in [4.69, 9.17) is 4.74 Å². The Hall–Kier alpha value is -1.87. The molecule has 2 aromatic rings. The highest BCUT2D eigenvalue weighted by Crippen LogP contribution is 2.19. The van der Waals surface area contributed by atoms with Crippen LogP contribution in [0.1, 0.15) is 30.7 Å². The number of rotatable bonds is 6. The Morgan fingerprint density at radius 3 is 2.58 bits per heavy atom. The molecule has 0 saturated heterocycles. The van der Waals surface area contributed by atoms with Crippen LogP contribution in [0.15, 0.2) is 48.7 Å². The fourth-order valence-electron chi connectivity index (χ4n) is 1.84. The second-order valence-corrected chi connectivity index (χ2v) is 4.41. The van der Waals surface area contributed by atoms with Crippen molar-refractivity contribution in [2.75, 3.05) is 6.61 Å². The van der Waals surface area contributed by atoms with Crippen molar-refractivity contribution in [2.45, 2.75) is 25.9 Å². The van der Waals surface area contributed by atoms with Gasteiger partial charge < -0.3 is 9.84 Å². The average molecular weight is 257 g/mol. The van der Waals surface area contributed by atoms with Gasteiger partial charge in [0.1, 0.15) is 5.75 Å². The number of hydrogen-bond donors (Lipinski definition) is 1. The Morgan fingerprint density at radius 1 is 1.16 bits per heavy atom. The molecule has 0 aliphatic rings. The van der Waals surface area contributed by atoms with Crippen molar-refractivity contribution in [1.29, 1.82) is 0 Å². The normalized spacial score (nSPS) is 12.1. The first-order chi connectivity index (χ1) is 9.29. The van der Waals surface area contributed by atoms with E-state index in [-0.39, 0.29) is 6.10 Å². The van der Waals surface area contributed by atoms with E-state index in [0.717, 1.165) is 29.8 Å². The molecule has 0 fully saturated rings. The number of nitrogens with zero attached hydrogens (tertiary/aromatic N) is 1. The molecule has 2 rings (SSSR count). The predicted octanol–water partition coefficient (Wildman–Crippen LogP) is 3.15. The number of benzene rings is 1. The third kappa shape index (κ3) is 4.07. The molecule has 3 heteroatoms. The zero-order chi connectivity index (χ0) is 13.5. The molecular weight excluding hydrogens is 238 g/mol. The zero-order valence-electron chi connectivity index (χ0n) is 11.1. The van der Waals surface area contributed by atoms with Crippen molar-refractivity contribution in [2.24, 2.45) is 0 Å². The van der Waals surface area contributed by atoms with Gasteiger partial charge in [0.2, 0.25) is 0 Å². The zero-order valence-corrected chi connectivity index (χ0v) is 11.1. The van der Waals surface area contributed by atoms with Gasteiger partial charge in [-0.15, -0.1) is 0 Å². The minimum absolute atomic E-state index is 0.387. The van der Waals surface area contributed by atoms with Crippen LogP contribution in [0.5, 0.6) is 5.75 Å². The molecular formula is C16H19NO2. The molecule has 0 unspecified atom stereocenters. The van der Waals surface area contributed by atoms with Crippen molar-refractivity contribution in [3.05, 3.63) is 59.9 Å². The van der Waals surface area contributed by atoms with Crippen LogP contribution in [0.25, 0.3) is 0 Å². The van der Waals surface area contributed by atoms with Gasteiger partial charge in [0.05, 0.1) is 12.7 Å². The summed E-state index contributed by atoms with van der Waals surface area (Å²) in [6.07, 6.45) is 2.92. The number of pyridine rings is 1. The van der Waals surface area contributed by atoms with Gasteiger partial charge in [-0.05, 0) is 36.2 Å². The minimum Gasteiger partial charge on any atom is -0.493 e. The van der Waals surface area contributed by atoms with E-state index < -0.39 is 0 Å². The highest BCUT2D eigenvalue weighted by Gasteiger charge is 2.04. The molecule has 1 aromatic heterocycles. The molecule has 1 atom stereocenters. The third-order valence-corrected chi connectivity index (χ3v) is 3.00. The van der Waals surface area contributed by atoms with Crippen LogP contribution in [0.2, 0.25) is 0 Å². The molecule has 0 spiro atoms. The first-order valence-electron chi connectivity index (χ1n) is 6.60. The Morgan fingerprint density at radius 2 is 1.95 bits per heavy atom. The van der Waals surface area contributed by atoms with Gasteiger partial charge in [-0.1, -0.05) is 25.1 Å². The fourth-order valence-corrected chi connectivity index (χ4v) is 1.84. The lowest BCUT2D eigenvalue weighted by molar-refractivity contribution is 0.173. The average Bonchev–Trinajstić information content (AvgIpc) is 2.48. The Balaban J connectivity index is 1.83. The van der Waals surface area contributed by atoms with Gasteiger partial charge in [0.25, 0.3) is 0 Å². The first-order valence-corrected chi connectivity index (χ1v) is 6.60. The van der Waals surface area contributed by atoms with E-state index in [1.54, 1.807) is 6.20 Å². The molecule has 1 N–H and O–H groups in total. The second-order valence-electron chi connectivity index (χ2n) is 4.41. The number of aromatic nitrogens is 1. The molecule has 0 saturated carbocycles. The van der Waals surface area contributed by atoms with Crippen molar-refractivity contribution >= 4 is 0 Å². The van der Waals surface area contributed by atoms with Crippen LogP contribution in [-0.4, -0.2) is 16.7 Å². The summed E-state index contributed by atoms with van der Waals surface area (Å²) in [4.78, 5) is 4.25. The number of aliphatic hydroxyl groups excluding tert-OH is 1. The van der Waals surface area contributed by atoms with Gasteiger partial charge in [0, 0.05) is 18.3 Å². The number of ether oxygens (including phenoxy) is 1. The van der Waals surface area contributed by atoms with Gasteiger partial charge in [-0.3, -0.25) is 4.98 Å². The standard InChI is InChI=1S/C16H19NO2/c1-2-16(18)13-6-8-15(9-7-13)19-12-10-14-5-3-4-11-17-14/h3-9,11,16,18H,2,10,12H2,1H3/t16-/m1/s1. The lowest BCUT2D eigenvalue weighted by Crippen LogP contribution is -2.03. The lowest BCUT2D eigenvalue weighted by atomic mass is 10.1. The molecule has 0 amide bonds. The maximum atomic E-state index is 9.70. The number of hydrogen-bond acceptors (Lipinski definition) is 3. The van der Waals surface area contributed by atoms with Crippen molar-refractivity contribution in [3.63, 3.8) is 0 Å². The van der Waals surface area contributed by atoms with Crippen molar-refractivity contribution in [3.8, 4) is 5.75 Å². The highest BCUT2D eigenvalue weighted by molar-refractivity contribution is 5.28. The molecule has 0 bridgehead atoms. The van der Waals surface area contributed by atoms with E-state index in [0.29, 0.717) is 6.61 Å². The largest absolute Gasteiger partial charge is 0.493 e. The maximum absolute atomic E-state index is 9.70. The summed E-state index contributed by atoms with van der Waals surface area (Å²) in [6, 6.07) is 13.5. The molecule has 1 heterocycles. The summed E-state index contributed by atoms with van der Waals surface area (Å²) in [6.45, 7) is 2.56. The van der Waals surface area contributed by atoms with E-state index in [2.05, 4.69) is 4.98 Å². The Kier molecular flexibility index (Phi) is 4.93. The summed E-state index contributed by atoms with van der Waals surface area (Å²) >= 11 is 0. The third-order valence-electron chi connectivity index (χ3n) is 3.00. The fraction of sp³-hybridized carbons (Fsp3) is 0.312. The molecule has 0 aliphatic heterocycles. The molecule has 1 aromatic carbocycles. The molecule has 0 aliphatic carbocycles. The molecule has 100 valence electrons. The van der Waals surface area contributed by atoms with Gasteiger partial charge in [0.15, 0.2) is 0 Å². The summed E-state index contributed by atoms with van der Waals surface area (Å²) in [7, 11) is 0. The monoisotopic (exact) mass is 257 g/mol. The number of aliphatic hydroxyl groups is 1. The van der Waals surface area contributed by atoms with E-state index in [9.17, 15) is 5.11 Å². The van der Waals surface area contributed by atoms with Gasteiger partial charge in [-0.2, -0.15) is 0 Å². The van der Waals surface area contributed by atoms with Crippen LogP contribution < -0.4 is 4.74 Å². The summed E-state index contributed by atoms with van der Waals surface area (Å²) < 4.78 is 5.66. The van der Waals surface area contributed by atoms with Gasteiger partial charge in [-0.25, -0.2) is 0 Å². The highest BCUT2D eigenvalue weighted by atomic mass is 16.5. The maximum Gasteiger partial charge on any atom is 0.119 e. The SMILES string of the molecule is CC[C@@H](O)c1ccc(OCCc2ccccn2)cc1. The van der Waals surface area contributed by atoms with Crippen LogP contribution in [0.4, 0.5) is 0 Å². The van der Waals surface area contributed by atoms with Crippen LogP contribution in [-0.2, 0) is 6.42 Å². The van der Waals surface area contributed by atoms with E-state index in [1.165, 1.54) is 0 Å². The molecule has 19 heavy (non-hydrogen) atoms. The molecule has 3 nitrogen and oxygen atoms in total. The van der Waals surface area contributed by atoms with E-state index >= 15 is 0 Å². The van der Waals surface area contributed by atoms with Crippen LogP contribution in [0.3, 0.4) is 0 Å². The summed E-state index contributed by atoms with van der Waals surface area (Å²) in [5.41, 5.74) is 1.96. The Labute approximate surface area is 113 Å². The van der Waals surface area contributed by atoms with Crippen LogP contribution in [0, 0.1) is 0 Å². The second kappa shape index (κ2) is 6.90. The molecule has 0 radical (unpaired) electrons. The van der Waals surface area contributed by atoms with Crippen molar-refractivity contribution in [1.82, 2.24) is 4.98 Å². The topological polar surface area (TPSA) is 42.4 Å². The van der Waals surface area contributed by atoms with Crippen LogP contribution >= 0.6 is 0 Å². The quantitative estimate of drug-likeness (QED) is 0.864. The predicted molar refractivity (Wildman–Crippen MR) is 75.1 cm³/mol. The smallest absolute Gasteiger partial charge is 0.119 e. The Bertz CT molecular complexity index is 482. The van der Waals surface area contributed by atoms with E-state index in [1.807, 2.05) is 49.4 Å². The van der Waals surface area contributed by atoms with Gasteiger partial charge >= 0.3 is 0 Å². The van der Waals surface area contributed by atoms with Crippen molar-refractivity contribution < 1.29 is 9.84 Å². The summed E-state index contributed by atoms with van der Waals surface area (Å²) in [5.74, 6) is 0.822. The lowest BCUT2D eigenvalue weighted by Gasteiger charge is -2.10.